The summed E-state index contributed by atoms with van der Waals surface area (Å²) in [5, 5.41) is 1.82. The number of primary amides is 1. The third kappa shape index (κ3) is 4.37. The molecule has 1 aromatic rings. The molecule has 1 aromatic carbocycles. The van der Waals surface area contributed by atoms with Gasteiger partial charge in [0.15, 0.2) is 6.10 Å². The minimum Gasteiger partial charge on any atom is -0.497 e. The Morgan fingerprint density at radius 2 is 1.86 bits per heavy atom. The van der Waals surface area contributed by atoms with Crippen molar-refractivity contribution >= 4 is 17.9 Å². The molecule has 0 radical (unpaired) electrons. The lowest BCUT2D eigenvalue weighted by Gasteiger charge is -2.14. The Labute approximate surface area is 121 Å². The summed E-state index contributed by atoms with van der Waals surface area (Å²) in [6, 6.07) is 3.47. The molecule has 0 aliphatic heterocycles. The van der Waals surface area contributed by atoms with Crippen molar-refractivity contribution in [1.29, 1.82) is 0 Å². The average Bonchev–Trinajstić information content (AvgIpc) is 2.45. The quantitative estimate of drug-likeness (QED) is 0.762. The molecule has 8 nitrogen and oxygen atoms in total. The highest BCUT2D eigenvalue weighted by atomic mass is 16.5. The first-order valence-electron chi connectivity index (χ1n) is 5.92. The number of esters is 1. The molecule has 0 aromatic heterocycles. The number of urea groups is 1. The van der Waals surface area contributed by atoms with Gasteiger partial charge >= 0.3 is 12.0 Å². The Morgan fingerprint density at radius 3 is 2.38 bits per heavy atom. The molecule has 3 N–H and O–H groups in total. The zero-order chi connectivity index (χ0) is 16.0. The predicted molar refractivity (Wildman–Crippen MR) is 72.1 cm³/mol. The summed E-state index contributed by atoms with van der Waals surface area (Å²) < 4.78 is 15.0. The van der Waals surface area contributed by atoms with Crippen LogP contribution in [0.4, 0.5) is 4.79 Å². The summed E-state index contributed by atoms with van der Waals surface area (Å²) in [4.78, 5) is 34.0. The van der Waals surface area contributed by atoms with E-state index in [0.29, 0.717) is 5.75 Å². The van der Waals surface area contributed by atoms with Gasteiger partial charge in [-0.05, 0) is 19.1 Å². The smallest absolute Gasteiger partial charge is 0.342 e. The molecule has 0 aliphatic rings. The fourth-order valence-electron chi connectivity index (χ4n) is 1.47. The van der Waals surface area contributed by atoms with E-state index in [1.165, 1.54) is 33.3 Å². The number of ether oxygens (including phenoxy) is 3. The second-order valence-corrected chi connectivity index (χ2v) is 3.97. The third-order valence-corrected chi connectivity index (χ3v) is 2.53. The maximum Gasteiger partial charge on any atom is 0.342 e. The minimum absolute atomic E-state index is 0.122. The first-order chi connectivity index (χ1) is 9.88. The maximum atomic E-state index is 12.0. The number of rotatable bonds is 5. The van der Waals surface area contributed by atoms with Crippen molar-refractivity contribution in [2.75, 3.05) is 14.2 Å². The molecule has 0 heterocycles. The fraction of sp³-hybridized carbons (Fsp3) is 0.308. The van der Waals surface area contributed by atoms with Crippen molar-refractivity contribution in [3.8, 4) is 11.5 Å². The first-order valence-corrected chi connectivity index (χ1v) is 5.92. The van der Waals surface area contributed by atoms with E-state index in [9.17, 15) is 14.4 Å². The Kier molecular flexibility index (Phi) is 5.53. The molecular formula is C13H16N2O6. The highest BCUT2D eigenvalue weighted by molar-refractivity contribution is 5.98. The standard InChI is InChI=1S/C13H16N2O6/c1-7(11(16)15-13(14)18)21-12(17)9-5-4-8(19-2)6-10(9)20-3/h4-7H,1-3H3,(H3,14,15,16,18)/t7-/m1/s1. The van der Waals surface area contributed by atoms with Crippen LogP contribution in [0.3, 0.4) is 0 Å². The summed E-state index contributed by atoms with van der Waals surface area (Å²) in [6.07, 6.45) is -1.18. The number of hydrogen-bond donors (Lipinski definition) is 2. The van der Waals surface area contributed by atoms with E-state index in [-0.39, 0.29) is 11.3 Å². The molecule has 21 heavy (non-hydrogen) atoms. The molecule has 0 saturated heterocycles. The van der Waals surface area contributed by atoms with Crippen LogP contribution in [-0.4, -0.2) is 38.2 Å². The van der Waals surface area contributed by atoms with Crippen LogP contribution in [0.15, 0.2) is 18.2 Å². The maximum absolute atomic E-state index is 12.0. The van der Waals surface area contributed by atoms with Gasteiger partial charge in [0, 0.05) is 6.07 Å². The van der Waals surface area contributed by atoms with E-state index in [0.717, 1.165) is 0 Å². The van der Waals surface area contributed by atoms with E-state index >= 15 is 0 Å². The summed E-state index contributed by atoms with van der Waals surface area (Å²) in [7, 11) is 2.86. The van der Waals surface area contributed by atoms with E-state index in [2.05, 4.69) is 0 Å². The van der Waals surface area contributed by atoms with Gasteiger partial charge in [-0.2, -0.15) is 0 Å². The van der Waals surface area contributed by atoms with Gasteiger partial charge in [0.05, 0.1) is 14.2 Å². The summed E-state index contributed by atoms with van der Waals surface area (Å²) in [5.74, 6) is -0.852. The number of amides is 3. The van der Waals surface area contributed by atoms with Crippen molar-refractivity contribution in [3.63, 3.8) is 0 Å². The zero-order valence-electron chi connectivity index (χ0n) is 11.8. The van der Waals surface area contributed by atoms with Crippen molar-refractivity contribution in [3.05, 3.63) is 23.8 Å². The number of benzene rings is 1. The Bertz CT molecular complexity index is 558. The Morgan fingerprint density at radius 1 is 1.19 bits per heavy atom. The monoisotopic (exact) mass is 296 g/mol. The van der Waals surface area contributed by atoms with Gasteiger partial charge in [0.25, 0.3) is 5.91 Å². The van der Waals surface area contributed by atoms with Crippen LogP contribution in [-0.2, 0) is 9.53 Å². The number of methoxy groups -OCH3 is 2. The molecule has 114 valence electrons. The molecule has 0 spiro atoms. The fourth-order valence-corrected chi connectivity index (χ4v) is 1.47. The minimum atomic E-state index is -1.18. The average molecular weight is 296 g/mol. The van der Waals surface area contributed by atoms with Gasteiger partial charge in [0.2, 0.25) is 0 Å². The molecule has 1 atom stereocenters. The second kappa shape index (κ2) is 7.13. The SMILES string of the molecule is COc1ccc(C(=O)O[C@H](C)C(=O)NC(N)=O)c(OC)c1. The highest BCUT2D eigenvalue weighted by Gasteiger charge is 2.22. The van der Waals surface area contributed by atoms with Gasteiger partial charge in [-0.1, -0.05) is 0 Å². The van der Waals surface area contributed by atoms with Gasteiger partial charge in [0.1, 0.15) is 17.1 Å². The van der Waals surface area contributed by atoms with E-state index in [1.54, 1.807) is 6.07 Å². The number of nitrogens with one attached hydrogen (secondary N) is 1. The number of nitrogens with two attached hydrogens (primary N) is 1. The van der Waals surface area contributed by atoms with Crippen LogP contribution in [0.2, 0.25) is 0 Å². The lowest BCUT2D eigenvalue weighted by atomic mass is 10.2. The summed E-state index contributed by atoms with van der Waals surface area (Å²) in [6.45, 7) is 1.31. The lowest BCUT2D eigenvalue weighted by molar-refractivity contribution is -0.127. The molecule has 0 saturated carbocycles. The molecule has 0 aliphatic carbocycles. The number of hydrogen-bond acceptors (Lipinski definition) is 6. The largest absolute Gasteiger partial charge is 0.497 e. The van der Waals surface area contributed by atoms with Crippen molar-refractivity contribution in [2.24, 2.45) is 5.73 Å². The number of carbonyl (C=O) groups excluding carboxylic acids is 3. The van der Waals surface area contributed by atoms with Gasteiger partial charge < -0.3 is 19.9 Å². The number of imide groups is 1. The highest BCUT2D eigenvalue weighted by Crippen LogP contribution is 2.25. The van der Waals surface area contributed by atoms with Gasteiger partial charge in [-0.3, -0.25) is 10.1 Å². The van der Waals surface area contributed by atoms with Gasteiger partial charge in [-0.15, -0.1) is 0 Å². The van der Waals surface area contributed by atoms with Crippen LogP contribution < -0.4 is 20.5 Å². The second-order valence-electron chi connectivity index (χ2n) is 3.97. The normalized spacial score (nSPS) is 11.2. The van der Waals surface area contributed by atoms with Gasteiger partial charge in [-0.25, -0.2) is 9.59 Å². The molecule has 0 fully saturated rings. The van der Waals surface area contributed by atoms with Crippen molar-refractivity contribution in [2.45, 2.75) is 13.0 Å². The molecule has 8 heteroatoms. The van der Waals surface area contributed by atoms with Crippen LogP contribution in [0.1, 0.15) is 17.3 Å². The van der Waals surface area contributed by atoms with Crippen LogP contribution in [0, 0.1) is 0 Å². The molecule has 1 rings (SSSR count). The molecule has 3 amide bonds. The Hall–Kier alpha value is -2.77. The molecule has 0 bridgehead atoms. The van der Waals surface area contributed by atoms with E-state index in [4.69, 9.17) is 19.9 Å². The molecule has 0 unspecified atom stereocenters. The summed E-state index contributed by atoms with van der Waals surface area (Å²) >= 11 is 0. The van der Waals surface area contributed by atoms with Crippen molar-refractivity contribution in [1.82, 2.24) is 5.32 Å². The van der Waals surface area contributed by atoms with E-state index < -0.39 is 24.0 Å². The molecular weight excluding hydrogens is 280 g/mol. The lowest BCUT2D eigenvalue weighted by Crippen LogP contribution is -2.42. The van der Waals surface area contributed by atoms with Crippen LogP contribution in [0.25, 0.3) is 0 Å². The Balaban J connectivity index is 2.84. The third-order valence-electron chi connectivity index (χ3n) is 2.53. The van der Waals surface area contributed by atoms with Crippen molar-refractivity contribution < 1.29 is 28.6 Å². The zero-order valence-corrected chi connectivity index (χ0v) is 11.8. The first kappa shape index (κ1) is 16.3. The number of carbonyl (C=O) groups is 3. The predicted octanol–water partition coefficient (Wildman–Crippen LogP) is 0.444. The topological polar surface area (TPSA) is 117 Å². The van der Waals surface area contributed by atoms with Crippen LogP contribution in [0.5, 0.6) is 11.5 Å². The summed E-state index contributed by atoms with van der Waals surface area (Å²) in [5.41, 5.74) is 4.93. The van der Waals surface area contributed by atoms with E-state index in [1.807, 2.05) is 5.32 Å². The van der Waals surface area contributed by atoms with Crippen LogP contribution >= 0.6 is 0 Å².